The number of carbonyl (C=O) groups excluding carboxylic acids is 1. The lowest BCUT2D eigenvalue weighted by atomic mass is 9.95. The molecule has 0 aromatic heterocycles. The lowest BCUT2D eigenvalue weighted by molar-refractivity contribution is -0.117. The lowest BCUT2D eigenvalue weighted by Gasteiger charge is -2.16. The number of fused-ring (bicyclic) bond motifs is 1. The van der Waals surface area contributed by atoms with Crippen LogP contribution in [0.5, 0.6) is 0 Å². The van der Waals surface area contributed by atoms with Crippen molar-refractivity contribution in [3.63, 3.8) is 0 Å². The molecule has 2 heteroatoms. The fourth-order valence-corrected chi connectivity index (χ4v) is 3.14. The molecule has 1 atom stereocenters. The van der Waals surface area contributed by atoms with Crippen molar-refractivity contribution in [2.75, 3.05) is 5.32 Å². The molecule has 2 aromatic rings. The number of hydrogen-bond donors (Lipinski definition) is 1. The fraction of sp³-hybridized carbons (Fsp3) is 0.316. The molecule has 108 valence electrons. The van der Waals surface area contributed by atoms with Gasteiger partial charge in [-0.1, -0.05) is 43.3 Å². The summed E-state index contributed by atoms with van der Waals surface area (Å²) in [5.74, 6) is 0.00102. The Hall–Kier alpha value is -2.09. The predicted octanol–water partition coefficient (Wildman–Crippen LogP) is 4.31. The molecule has 3 rings (SSSR count). The number of rotatable bonds is 4. The maximum atomic E-state index is 12.5. The number of hydrogen-bond acceptors (Lipinski definition) is 1. The molecule has 0 radical (unpaired) electrons. The average molecular weight is 279 g/mol. The molecular weight excluding hydrogens is 258 g/mol. The van der Waals surface area contributed by atoms with Crippen molar-refractivity contribution in [2.24, 2.45) is 0 Å². The molecule has 0 saturated carbocycles. The van der Waals surface area contributed by atoms with Gasteiger partial charge in [-0.15, -0.1) is 0 Å². The molecule has 21 heavy (non-hydrogen) atoms. The summed E-state index contributed by atoms with van der Waals surface area (Å²) in [7, 11) is 0. The van der Waals surface area contributed by atoms with Crippen LogP contribution in [-0.2, 0) is 17.6 Å². The Morgan fingerprint density at radius 2 is 1.86 bits per heavy atom. The lowest BCUT2D eigenvalue weighted by Crippen LogP contribution is -2.20. The van der Waals surface area contributed by atoms with Crippen LogP contribution in [0, 0.1) is 0 Å². The highest BCUT2D eigenvalue weighted by atomic mass is 16.1. The molecule has 0 unspecified atom stereocenters. The van der Waals surface area contributed by atoms with Gasteiger partial charge in [-0.25, -0.2) is 0 Å². The summed E-state index contributed by atoms with van der Waals surface area (Å²) in [4.78, 5) is 12.5. The maximum absolute atomic E-state index is 12.5. The van der Waals surface area contributed by atoms with E-state index >= 15 is 0 Å². The third-order valence-corrected chi connectivity index (χ3v) is 4.29. The van der Waals surface area contributed by atoms with Crippen LogP contribution in [0.2, 0.25) is 0 Å². The van der Waals surface area contributed by atoms with Crippen LogP contribution in [-0.4, -0.2) is 5.91 Å². The number of anilines is 1. The van der Waals surface area contributed by atoms with Gasteiger partial charge < -0.3 is 5.32 Å². The van der Waals surface area contributed by atoms with Crippen molar-refractivity contribution in [2.45, 2.75) is 38.5 Å². The predicted molar refractivity (Wildman–Crippen MR) is 86.6 cm³/mol. The van der Waals surface area contributed by atoms with Gasteiger partial charge in [0.15, 0.2) is 0 Å². The smallest absolute Gasteiger partial charge is 0.231 e. The van der Waals surface area contributed by atoms with E-state index in [0.717, 1.165) is 24.1 Å². The van der Waals surface area contributed by atoms with Gasteiger partial charge in [-0.2, -0.15) is 0 Å². The van der Waals surface area contributed by atoms with E-state index in [-0.39, 0.29) is 11.8 Å². The van der Waals surface area contributed by atoms with Crippen LogP contribution >= 0.6 is 0 Å². The summed E-state index contributed by atoms with van der Waals surface area (Å²) < 4.78 is 0. The van der Waals surface area contributed by atoms with E-state index < -0.39 is 0 Å². The Morgan fingerprint density at radius 1 is 1.10 bits per heavy atom. The standard InChI is InChI=1S/C19H21NO/c1-2-18(15-7-4-3-5-8-15)19(21)20-17-12-11-14-9-6-10-16(14)13-17/h3-5,7-8,11-13,18H,2,6,9-10H2,1H3,(H,20,21)/t18-/m1/s1. The molecule has 1 aliphatic rings. The van der Waals surface area contributed by atoms with E-state index in [4.69, 9.17) is 0 Å². The number of carbonyl (C=O) groups is 1. The second-order valence-corrected chi connectivity index (χ2v) is 5.70. The van der Waals surface area contributed by atoms with Crippen molar-refractivity contribution in [3.8, 4) is 0 Å². The Morgan fingerprint density at radius 3 is 2.62 bits per heavy atom. The van der Waals surface area contributed by atoms with Crippen LogP contribution in [0.15, 0.2) is 48.5 Å². The maximum Gasteiger partial charge on any atom is 0.231 e. The van der Waals surface area contributed by atoms with Crippen LogP contribution in [0.25, 0.3) is 0 Å². The first-order valence-corrected chi connectivity index (χ1v) is 7.75. The summed E-state index contributed by atoms with van der Waals surface area (Å²) >= 11 is 0. The normalized spacial score (nSPS) is 14.5. The molecule has 2 aromatic carbocycles. The first-order valence-electron chi connectivity index (χ1n) is 7.75. The molecule has 0 saturated heterocycles. The van der Waals surface area contributed by atoms with Crippen molar-refractivity contribution in [3.05, 3.63) is 65.2 Å². The highest BCUT2D eigenvalue weighted by Crippen LogP contribution is 2.26. The molecule has 0 spiro atoms. The zero-order chi connectivity index (χ0) is 14.7. The van der Waals surface area contributed by atoms with E-state index in [1.165, 1.54) is 24.0 Å². The van der Waals surface area contributed by atoms with Gasteiger partial charge >= 0.3 is 0 Å². The summed E-state index contributed by atoms with van der Waals surface area (Å²) in [5, 5.41) is 3.08. The highest BCUT2D eigenvalue weighted by Gasteiger charge is 2.19. The van der Waals surface area contributed by atoms with Crippen molar-refractivity contribution in [1.82, 2.24) is 0 Å². The molecule has 0 heterocycles. The Balaban J connectivity index is 1.76. The SMILES string of the molecule is CC[C@@H](C(=O)Nc1ccc2c(c1)CCC2)c1ccccc1. The third kappa shape index (κ3) is 2.99. The zero-order valence-electron chi connectivity index (χ0n) is 12.4. The summed E-state index contributed by atoms with van der Waals surface area (Å²) in [6.07, 6.45) is 4.34. The van der Waals surface area contributed by atoms with E-state index in [1.54, 1.807) is 0 Å². The molecule has 1 N–H and O–H groups in total. The second kappa shape index (κ2) is 6.13. The van der Waals surface area contributed by atoms with Gasteiger partial charge in [0, 0.05) is 5.69 Å². The Labute approximate surface area is 126 Å². The van der Waals surface area contributed by atoms with Gasteiger partial charge in [0.05, 0.1) is 5.92 Å². The topological polar surface area (TPSA) is 29.1 Å². The molecule has 0 aliphatic heterocycles. The van der Waals surface area contributed by atoms with Crippen LogP contribution < -0.4 is 5.32 Å². The monoisotopic (exact) mass is 279 g/mol. The number of amides is 1. The molecule has 0 bridgehead atoms. The number of aryl methyl sites for hydroxylation is 2. The highest BCUT2D eigenvalue weighted by molar-refractivity contribution is 5.95. The van der Waals surface area contributed by atoms with Gasteiger partial charge in [0.1, 0.15) is 0 Å². The minimum Gasteiger partial charge on any atom is -0.326 e. The minimum absolute atomic E-state index is 0.0838. The van der Waals surface area contributed by atoms with Gasteiger partial charge in [-0.05, 0) is 54.5 Å². The molecule has 1 amide bonds. The van der Waals surface area contributed by atoms with E-state index in [2.05, 4.69) is 24.4 Å². The zero-order valence-corrected chi connectivity index (χ0v) is 12.4. The van der Waals surface area contributed by atoms with Crippen LogP contribution in [0.1, 0.15) is 42.4 Å². The molecular formula is C19H21NO. The van der Waals surface area contributed by atoms with E-state index in [1.807, 2.05) is 36.4 Å². The second-order valence-electron chi connectivity index (χ2n) is 5.70. The summed E-state index contributed by atoms with van der Waals surface area (Å²) in [6, 6.07) is 16.3. The van der Waals surface area contributed by atoms with Crippen molar-refractivity contribution >= 4 is 11.6 Å². The quantitative estimate of drug-likeness (QED) is 0.888. The third-order valence-electron chi connectivity index (χ3n) is 4.29. The molecule has 0 fully saturated rings. The first-order chi connectivity index (χ1) is 10.3. The molecule has 1 aliphatic carbocycles. The van der Waals surface area contributed by atoms with Gasteiger partial charge in [-0.3, -0.25) is 4.79 Å². The Bertz CT molecular complexity index is 633. The number of nitrogens with one attached hydrogen (secondary N) is 1. The van der Waals surface area contributed by atoms with Crippen molar-refractivity contribution in [1.29, 1.82) is 0 Å². The van der Waals surface area contributed by atoms with Gasteiger partial charge in [0.2, 0.25) is 5.91 Å². The van der Waals surface area contributed by atoms with E-state index in [9.17, 15) is 4.79 Å². The average Bonchev–Trinajstić information content (AvgIpc) is 2.96. The van der Waals surface area contributed by atoms with Gasteiger partial charge in [0.25, 0.3) is 0 Å². The minimum atomic E-state index is -0.0838. The number of benzene rings is 2. The van der Waals surface area contributed by atoms with Crippen LogP contribution in [0.4, 0.5) is 5.69 Å². The first kappa shape index (κ1) is 13.9. The largest absolute Gasteiger partial charge is 0.326 e. The summed E-state index contributed by atoms with van der Waals surface area (Å²) in [5.41, 5.74) is 4.83. The fourth-order valence-electron chi connectivity index (χ4n) is 3.14. The Kier molecular flexibility index (Phi) is 4.05. The van der Waals surface area contributed by atoms with Crippen LogP contribution in [0.3, 0.4) is 0 Å². The van der Waals surface area contributed by atoms with E-state index in [0.29, 0.717) is 0 Å². The molecule has 2 nitrogen and oxygen atoms in total. The summed E-state index contributed by atoms with van der Waals surface area (Å²) in [6.45, 7) is 2.06. The van der Waals surface area contributed by atoms with Crippen molar-refractivity contribution < 1.29 is 4.79 Å².